The number of hydrogen-bond donors (Lipinski definition) is 3. The number of carbonyl (C=O) groups is 2. The summed E-state index contributed by atoms with van der Waals surface area (Å²) in [4.78, 5) is 25.6. The first-order chi connectivity index (χ1) is 9.61. The summed E-state index contributed by atoms with van der Waals surface area (Å²) in [6.45, 7) is 2.45. The van der Waals surface area contributed by atoms with Crippen LogP contribution in [0.4, 0.5) is 4.79 Å². The Morgan fingerprint density at radius 2 is 2.00 bits per heavy atom. The molecular weight excluding hydrogens is 258 g/mol. The molecule has 0 radical (unpaired) electrons. The van der Waals surface area contributed by atoms with Gasteiger partial charge in [0.05, 0.1) is 5.41 Å². The number of nitrogens with one attached hydrogen (secondary N) is 2. The first-order valence-corrected chi connectivity index (χ1v) is 7.63. The van der Waals surface area contributed by atoms with Crippen LogP contribution >= 0.6 is 0 Å². The lowest BCUT2D eigenvalue weighted by Gasteiger charge is -2.37. The van der Waals surface area contributed by atoms with Crippen LogP contribution in [0.3, 0.4) is 0 Å². The molecule has 3 aliphatic rings. The molecule has 2 heterocycles. The number of fused-ring (bicyclic) bond motifs is 1. The van der Waals surface area contributed by atoms with E-state index in [4.69, 9.17) is 0 Å². The highest BCUT2D eigenvalue weighted by Gasteiger charge is 2.45. The first kappa shape index (κ1) is 13.7. The van der Waals surface area contributed by atoms with Gasteiger partial charge in [-0.1, -0.05) is 6.42 Å². The molecule has 2 amide bonds. The van der Waals surface area contributed by atoms with Gasteiger partial charge < -0.3 is 15.7 Å². The molecule has 2 saturated heterocycles. The van der Waals surface area contributed by atoms with Gasteiger partial charge in [-0.3, -0.25) is 9.69 Å². The number of hydrogen-bond acceptors (Lipinski definition) is 3. The Labute approximate surface area is 118 Å². The lowest BCUT2D eigenvalue weighted by atomic mass is 9.69. The molecular formula is C14H23N3O3. The van der Waals surface area contributed by atoms with Gasteiger partial charge in [-0.25, -0.2) is 4.79 Å². The van der Waals surface area contributed by atoms with Gasteiger partial charge in [0.1, 0.15) is 0 Å². The molecule has 3 fully saturated rings. The second-order valence-electron chi connectivity index (χ2n) is 6.41. The highest BCUT2D eigenvalue weighted by atomic mass is 16.4. The maximum atomic E-state index is 12.0. The minimum Gasteiger partial charge on any atom is -0.481 e. The van der Waals surface area contributed by atoms with Gasteiger partial charge in [0.25, 0.3) is 0 Å². The molecule has 6 nitrogen and oxygen atoms in total. The Hall–Kier alpha value is -1.30. The number of rotatable bonds is 4. The van der Waals surface area contributed by atoms with Crippen LogP contribution in [0, 0.1) is 5.41 Å². The monoisotopic (exact) mass is 281 g/mol. The summed E-state index contributed by atoms with van der Waals surface area (Å²) in [5.74, 6) is -0.785. The third kappa shape index (κ3) is 2.37. The van der Waals surface area contributed by atoms with E-state index in [1.807, 2.05) is 0 Å². The smallest absolute Gasteiger partial charge is 0.315 e. The lowest BCUT2D eigenvalue weighted by Crippen LogP contribution is -2.52. The molecule has 3 rings (SSSR count). The summed E-state index contributed by atoms with van der Waals surface area (Å²) in [5, 5.41) is 15.0. The number of urea groups is 1. The van der Waals surface area contributed by atoms with Crippen LogP contribution < -0.4 is 10.6 Å². The third-order valence-corrected chi connectivity index (χ3v) is 5.27. The van der Waals surface area contributed by atoms with Crippen LogP contribution in [0.15, 0.2) is 0 Å². The Kier molecular flexibility index (Phi) is 3.58. The fraction of sp³-hybridized carbons (Fsp3) is 0.857. The van der Waals surface area contributed by atoms with Gasteiger partial charge in [-0.05, 0) is 38.6 Å². The van der Waals surface area contributed by atoms with Gasteiger partial charge in [-0.15, -0.1) is 0 Å². The third-order valence-electron chi connectivity index (χ3n) is 5.27. The maximum absolute atomic E-state index is 12.0. The summed E-state index contributed by atoms with van der Waals surface area (Å²) in [5.41, 5.74) is -0.716. The van der Waals surface area contributed by atoms with Gasteiger partial charge >= 0.3 is 12.0 Å². The molecule has 1 aliphatic carbocycles. The van der Waals surface area contributed by atoms with E-state index < -0.39 is 11.4 Å². The zero-order valence-corrected chi connectivity index (χ0v) is 11.7. The number of carboxylic acids is 1. The van der Waals surface area contributed by atoms with E-state index in [1.54, 1.807) is 0 Å². The van der Waals surface area contributed by atoms with E-state index in [2.05, 4.69) is 15.5 Å². The predicted molar refractivity (Wildman–Crippen MR) is 73.5 cm³/mol. The molecule has 0 aromatic rings. The van der Waals surface area contributed by atoms with Crippen molar-refractivity contribution in [1.82, 2.24) is 15.5 Å². The number of nitrogens with zero attached hydrogens (tertiary/aromatic N) is 1. The van der Waals surface area contributed by atoms with Gasteiger partial charge in [0.2, 0.25) is 0 Å². The second kappa shape index (κ2) is 5.24. The summed E-state index contributed by atoms with van der Waals surface area (Å²) >= 11 is 0. The zero-order chi connectivity index (χ0) is 14.2. The van der Waals surface area contributed by atoms with Gasteiger partial charge in [0, 0.05) is 25.2 Å². The van der Waals surface area contributed by atoms with E-state index in [0.717, 1.165) is 32.4 Å². The van der Waals surface area contributed by atoms with Crippen molar-refractivity contribution in [2.24, 2.45) is 5.41 Å². The maximum Gasteiger partial charge on any atom is 0.315 e. The lowest BCUT2D eigenvalue weighted by molar-refractivity contribution is -0.153. The normalized spacial score (nSPS) is 31.4. The topological polar surface area (TPSA) is 81.7 Å². The molecule has 2 atom stereocenters. The quantitative estimate of drug-likeness (QED) is 0.711. The molecule has 2 aliphatic heterocycles. The number of carboxylic acid groups (broad SMARTS) is 1. The van der Waals surface area contributed by atoms with Crippen molar-refractivity contribution >= 4 is 12.0 Å². The Morgan fingerprint density at radius 1 is 1.20 bits per heavy atom. The van der Waals surface area contributed by atoms with Crippen LogP contribution in [0.25, 0.3) is 0 Å². The number of amides is 2. The zero-order valence-electron chi connectivity index (χ0n) is 11.7. The highest BCUT2D eigenvalue weighted by molar-refractivity contribution is 5.79. The molecule has 2 unspecified atom stereocenters. The fourth-order valence-corrected chi connectivity index (χ4v) is 3.79. The minimum absolute atomic E-state index is 0.212. The molecule has 3 N–H and O–H groups in total. The van der Waals surface area contributed by atoms with Crippen molar-refractivity contribution in [3.63, 3.8) is 0 Å². The average Bonchev–Trinajstić information content (AvgIpc) is 2.92. The van der Waals surface area contributed by atoms with Crippen molar-refractivity contribution in [2.75, 3.05) is 19.6 Å². The Morgan fingerprint density at radius 3 is 2.65 bits per heavy atom. The summed E-state index contributed by atoms with van der Waals surface area (Å²) in [7, 11) is 0. The molecule has 0 aromatic heterocycles. The van der Waals surface area contributed by atoms with Crippen LogP contribution in [0.2, 0.25) is 0 Å². The second-order valence-corrected chi connectivity index (χ2v) is 6.41. The SMILES string of the molecule is O=C(NCC1(C(=O)O)CCC1)NC1CCN2CCCC12. The summed E-state index contributed by atoms with van der Waals surface area (Å²) in [6.07, 6.45) is 5.65. The Bertz CT molecular complexity index is 408. The van der Waals surface area contributed by atoms with E-state index in [9.17, 15) is 14.7 Å². The summed E-state index contributed by atoms with van der Waals surface area (Å²) < 4.78 is 0. The molecule has 20 heavy (non-hydrogen) atoms. The van der Waals surface area contributed by atoms with Crippen molar-refractivity contribution < 1.29 is 14.7 Å². The fourth-order valence-electron chi connectivity index (χ4n) is 3.79. The molecule has 0 bridgehead atoms. The van der Waals surface area contributed by atoms with E-state index >= 15 is 0 Å². The van der Waals surface area contributed by atoms with E-state index in [1.165, 1.54) is 6.42 Å². The van der Waals surface area contributed by atoms with Crippen molar-refractivity contribution in [2.45, 2.75) is 50.6 Å². The van der Waals surface area contributed by atoms with Gasteiger partial charge in [-0.2, -0.15) is 0 Å². The first-order valence-electron chi connectivity index (χ1n) is 7.63. The van der Waals surface area contributed by atoms with Gasteiger partial charge in [0.15, 0.2) is 0 Å². The van der Waals surface area contributed by atoms with Crippen LogP contribution in [0.1, 0.15) is 38.5 Å². The summed E-state index contributed by atoms with van der Waals surface area (Å²) in [6, 6.07) is 0.494. The van der Waals surface area contributed by atoms with E-state index in [0.29, 0.717) is 18.9 Å². The van der Waals surface area contributed by atoms with E-state index in [-0.39, 0.29) is 18.6 Å². The van der Waals surface area contributed by atoms with Crippen molar-refractivity contribution in [3.05, 3.63) is 0 Å². The molecule has 112 valence electrons. The number of aliphatic carboxylic acids is 1. The highest BCUT2D eigenvalue weighted by Crippen LogP contribution is 2.40. The number of carbonyl (C=O) groups excluding carboxylic acids is 1. The molecule has 0 aromatic carbocycles. The van der Waals surface area contributed by atoms with Crippen molar-refractivity contribution in [1.29, 1.82) is 0 Å². The molecule has 6 heteroatoms. The largest absolute Gasteiger partial charge is 0.481 e. The molecule has 0 spiro atoms. The standard InChI is InChI=1S/C14H23N3O3/c18-12(19)14(5-2-6-14)9-15-13(20)16-10-4-8-17-7-1-3-11(10)17/h10-11H,1-9H2,(H,18,19)(H2,15,16,20). The van der Waals surface area contributed by atoms with Crippen LogP contribution in [-0.4, -0.2) is 53.7 Å². The van der Waals surface area contributed by atoms with Crippen LogP contribution in [0.5, 0.6) is 0 Å². The van der Waals surface area contributed by atoms with Crippen molar-refractivity contribution in [3.8, 4) is 0 Å². The molecule has 1 saturated carbocycles. The van der Waals surface area contributed by atoms with Crippen LogP contribution in [-0.2, 0) is 4.79 Å². The predicted octanol–water partition coefficient (Wildman–Crippen LogP) is 0.777. The Balaban J connectivity index is 1.47. The minimum atomic E-state index is -0.785. The average molecular weight is 281 g/mol.